The predicted molar refractivity (Wildman–Crippen MR) is 72.7 cm³/mol. The molecule has 0 radical (unpaired) electrons. The molecule has 0 saturated carbocycles. The maximum Gasteiger partial charge on any atom is 0.422 e. The molecule has 2 aliphatic rings. The molecule has 0 spiro atoms. The first-order chi connectivity index (χ1) is 9.76. The fourth-order valence-corrected chi connectivity index (χ4v) is 3.35. The molecule has 0 fully saturated rings. The number of rotatable bonds is 1. The van der Waals surface area contributed by atoms with Gasteiger partial charge in [-0.05, 0) is 23.3 Å². The molecule has 112 valence electrons. The summed E-state index contributed by atoms with van der Waals surface area (Å²) in [6, 6.07) is 6.30. The number of halogens is 3. The lowest BCUT2D eigenvalue weighted by Crippen LogP contribution is -3.03. The Hall–Kier alpha value is -1.59. The van der Waals surface area contributed by atoms with Crippen molar-refractivity contribution in [2.45, 2.75) is 17.7 Å². The quantitative estimate of drug-likeness (QED) is 0.811. The molecule has 0 aromatic heterocycles. The van der Waals surface area contributed by atoms with Crippen LogP contribution in [-0.4, -0.2) is 25.4 Å². The summed E-state index contributed by atoms with van der Waals surface area (Å²) in [6.07, 6.45) is 0.468. The smallest absolute Gasteiger partial charge is 0.376 e. The van der Waals surface area contributed by atoms with Crippen molar-refractivity contribution in [2.75, 3.05) is 14.1 Å². The van der Waals surface area contributed by atoms with Crippen LogP contribution in [0.1, 0.15) is 17.0 Å². The average Bonchev–Trinajstić information content (AvgIpc) is 2.70. The summed E-state index contributed by atoms with van der Waals surface area (Å²) >= 11 is 0. The highest BCUT2D eigenvalue weighted by atomic mass is 19.4. The summed E-state index contributed by atoms with van der Waals surface area (Å²) in [5.74, 6) is -1.44. The zero-order chi connectivity index (χ0) is 15.4. The number of fused-ring (bicyclic) bond motifs is 3. The van der Waals surface area contributed by atoms with E-state index < -0.39 is 23.6 Å². The highest BCUT2D eigenvalue weighted by Crippen LogP contribution is 2.58. The second kappa shape index (κ2) is 4.45. The van der Waals surface area contributed by atoms with Crippen LogP contribution < -0.4 is 4.90 Å². The van der Waals surface area contributed by atoms with E-state index >= 15 is 0 Å². The first kappa shape index (κ1) is 14.4. The lowest BCUT2D eigenvalue weighted by Gasteiger charge is -2.34. The van der Waals surface area contributed by atoms with Crippen LogP contribution in [0.3, 0.4) is 0 Å². The van der Waals surface area contributed by atoms with E-state index in [-0.39, 0.29) is 5.56 Å². The summed E-state index contributed by atoms with van der Waals surface area (Å²) in [4.78, 5) is 0.935. The monoisotopic (exact) mass is 296 g/mol. The van der Waals surface area contributed by atoms with E-state index in [0.29, 0.717) is 5.56 Å². The lowest BCUT2D eigenvalue weighted by molar-refractivity contribution is -0.813. The zero-order valence-electron chi connectivity index (χ0n) is 11.8. The number of quaternary nitrogens is 1. The van der Waals surface area contributed by atoms with Gasteiger partial charge in [0.05, 0.1) is 14.1 Å². The largest absolute Gasteiger partial charge is 0.422 e. The van der Waals surface area contributed by atoms with E-state index in [2.05, 4.69) is 0 Å². The van der Waals surface area contributed by atoms with Crippen molar-refractivity contribution < 1.29 is 23.2 Å². The van der Waals surface area contributed by atoms with E-state index in [1.54, 1.807) is 30.4 Å². The fourth-order valence-electron chi connectivity index (χ4n) is 3.35. The first-order valence-corrected chi connectivity index (χ1v) is 6.86. The number of alkyl halides is 3. The maximum absolute atomic E-state index is 13.6. The van der Waals surface area contributed by atoms with Gasteiger partial charge in [0.1, 0.15) is 5.70 Å². The van der Waals surface area contributed by atoms with Crippen molar-refractivity contribution in [2.24, 2.45) is 5.92 Å². The second-order valence-electron chi connectivity index (χ2n) is 5.88. The lowest BCUT2D eigenvalue weighted by atomic mass is 9.79. The van der Waals surface area contributed by atoms with Gasteiger partial charge in [0.2, 0.25) is 0 Å². The van der Waals surface area contributed by atoms with E-state index in [4.69, 9.17) is 0 Å². The summed E-state index contributed by atoms with van der Waals surface area (Å²) in [5.41, 5.74) is -1.53. The van der Waals surface area contributed by atoms with E-state index in [1.807, 2.05) is 20.2 Å². The van der Waals surface area contributed by atoms with Crippen molar-refractivity contribution in [1.29, 1.82) is 0 Å². The number of nitrogens with one attached hydrogen (secondary N) is 1. The van der Waals surface area contributed by atoms with Gasteiger partial charge in [0.15, 0.2) is 5.60 Å². The van der Waals surface area contributed by atoms with E-state index in [0.717, 1.165) is 10.6 Å². The highest BCUT2D eigenvalue weighted by Gasteiger charge is 2.65. The van der Waals surface area contributed by atoms with Crippen LogP contribution >= 0.6 is 0 Å². The fraction of sp³-hybridized carbons (Fsp3) is 0.375. The minimum atomic E-state index is -4.71. The number of benzene rings is 1. The van der Waals surface area contributed by atoms with Crippen LogP contribution in [0.5, 0.6) is 0 Å². The molecule has 2 nitrogen and oxygen atoms in total. The third kappa shape index (κ3) is 1.88. The zero-order valence-corrected chi connectivity index (χ0v) is 11.8. The van der Waals surface area contributed by atoms with Gasteiger partial charge in [-0.3, -0.25) is 0 Å². The third-order valence-corrected chi connectivity index (χ3v) is 4.45. The Morgan fingerprint density at radius 2 is 1.86 bits per heavy atom. The molecule has 1 aromatic carbocycles. The normalized spacial score (nSPS) is 31.1. The molecule has 0 bridgehead atoms. The van der Waals surface area contributed by atoms with Gasteiger partial charge in [-0.1, -0.05) is 30.3 Å². The summed E-state index contributed by atoms with van der Waals surface area (Å²) < 4.78 is 40.8. The van der Waals surface area contributed by atoms with Crippen molar-refractivity contribution in [3.63, 3.8) is 0 Å². The van der Waals surface area contributed by atoms with Crippen LogP contribution in [0, 0.1) is 5.92 Å². The van der Waals surface area contributed by atoms with Gasteiger partial charge >= 0.3 is 6.18 Å². The molecule has 0 amide bonds. The Labute approximate surface area is 121 Å². The topological polar surface area (TPSA) is 24.7 Å². The van der Waals surface area contributed by atoms with Gasteiger partial charge < -0.3 is 10.0 Å². The molecular weight excluding hydrogens is 279 g/mol. The summed E-state index contributed by atoms with van der Waals surface area (Å²) in [7, 11) is 3.70. The summed E-state index contributed by atoms with van der Waals surface area (Å²) in [5, 5.41) is 10.6. The number of allylic oxidation sites excluding steroid dienone is 2. The number of aliphatic hydroxyl groups is 1. The molecular formula is C16H17F3NO+. The maximum atomic E-state index is 13.6. The number of likely N-dealkylation sites (N-methyl/N-ethyl adjacent to an activating group) is 1. The molecule has 5 heteroatoms. The van der Waals surface area contributed by atoms with Crippen LogP contribution in [0.25, 0.3) is 0 Å². The first-order valence-electron chi connectivity index (χ1n) is 6.86. The molecule has 2 unspecified atom stereocenters. The predicted octanol–water partition coefficient (Wildman–Crippen LogP) is 1.75. The SMILES string of the molecule is C[NH+](C)C1=CC2C(C=C1)c1ccccc1[C@@]2(O)C(F)(F)F. The third-order valence-electron chi connectivity index (χ3n) is 4.45. The van der Waals surface area contributed by atoms with Crippen molar-refractivity contribution in [3.8, 4) is 0 Å². The summed E-state index contributed by atoms with van der Waals surface area (Å²) in [6.45, 7) is 0. The Kier molecular flexibility index (Phi) is 3.04. The standard InChI is InChI=1S/C16H16F3NO/c1-20(2)10-7-8-12-11-5-3-4-6-13(11)15(21,14(12)9-10)16(17,18)19/h3-9,12,14,21H,1-2H3/p+1/t12?,14?,15-/m0/s1. The van der Waals surface area contributed by atoms with E-state index in [9.17, 15) is 18.3 Å². The van der Waals surface area contributed by atoms with Gasteiger partial charge in [0, 0.05) is 11.8 Å². The van der Waals surface area contributed by atoms with Gasteiger partial charge in [-0.15, -0.1) is 0 Å². The van der Waals surface area contributed by atoms with Gasteiger partial charge in [0.25, 0.3) is 0 Å². The molecule has 3 rings (SSSR count). The minimum absolute atomic E-state index is 0.0246. The van der Waals surface area contributed by atoms with E-state index in [1.165, 1.54) is 6.07 Å². The van der Waals surface area contributed by atoms with Crippen LogP contribution in [0.4, 0.5) is 13.2 Å². The second-order valence-corrected chi connectivity index (χ2v) is 5.88. The van der Waals surface area contributed by atoms with Crippen molar-refractivity contribution in [1.82, 2.24) is 0 Å². The van der Waals surface area contributed by atoms with Crippen molar-refractivity contribution in [3.05, 3.63) is 59.3 Å². The van der Waals surface area contributed by atoms with Gasteiger partial charge in [-0.25, -0.2) is 0 Å². The van der Waals surface area contributed by atoms with Gasteiger partial charge in [-0.2, -0.15) is 13.2 Å². The highest BCUT2D eigenvalue weighted by molar-refractivity contribution is 5.49. The average molecular weight is 296 g/mol. The molecule has 0 heterocycles. The molecule has 0 aliphatic heterocycles. The minimum Gasteiger partial charge on any atom is -0.376 e. The molecule has 21 heavy (non-hydrogen) atoms. The Morgan fingerprint density at radius 1 is 1.19 bits per heavy atom. The molecule has 2 N–H and O–H groups in total. The Balaban J connectivity index is 2.21. The number of hydrogen-bond donors (Lipinski definition) is 2. The number of hydrogen-bond acceptors (Lipinski definition) is 1. The molecule has 2 aliphatic carbocycles. The van der Waals surface area contributed by atoms with Crippen molar-refractivity contribution >= 4 is 0 Å². The molecule has 3 atom stereocenters. The Morgan fingerprint density at radius 3 is 2.48 bits per heavy atom. The molecule has 0 saturated heterocycles. The van der Waals surface area contributed by atoms with Crippen LogP contribution in [-0.2, 0) is 5.60 Å². The molecule has 1 aromatic rings. The van der Waals surface area contributed by atoms with Crippen LogP contribution in [0.2, 0.25) is 0 Å². The van der Waals surface area contributed by atoms with Crippen LogP contribution in [0.15, 0.2) is 48.2 Å². The Bertz CT molecular complexity index is 633.